The number of H-pyrrole nitrogens is 3. The Hall–Kier alpha value is -10.2. The smallest absolute Gasteiger partial charge is 0.351 e. The van der Waals surface area contributed by atoms with E-state index in [0.717, 1.165) is 5.39 Å². The van der Waals surface area contributed by atoms with E-state index in [1.165, 1.54) is 57.2 Å². The minimum Gasteiger partial charge on any atom is -0.394 e. The van der Waals surface area contributed by atoms with E-state index in [1.807, 2.05) is 6.07 Å². The van der Waals surface area contributed by atoms with Gasteiger partial charge >= 0.3 is 11.4 Å². The van der Waals surface area contributed by atoms with Crippen LogP contribution in [0.4, 0.5) is 29.4 Å². The molecular weight excluding hydrogens is 1410 g/mol. The molecule has 6 aliphatic heterocycles. The lowest BCUT2D eigenvalue weighted by Gasteiger charge is -2.14. The summed E-state index contributed by atoms with van der Waals surface area (Å²) in [5.41, 5.74) is 28.0. The standard InChI is InChI=1S/C11H14N4O4.C11H14N4O3.C10H13N5O4.C10H13N5O3.C9H13N3O4.C9H12N2O5/c12-11-13-9-5(10(18)14-11)1-2-15(9)8-3-6(17)7(4-16)19-8;12-10-6-1-2-15(11(6)14-5-13-10)9-3-7(17)8(4-16)18-9;11-10-13-8-7(9(18)14-10)12-3-15(8)6-1-4(17)5(2-16)19-6;11-9-8-10(13-3-12-9)15(4-14-8)7-1-5(17)6(2-16)18-7;10-7-1-2-12(9(15)11-7)8-3-5(14)6(4-13)16-8;12-4-6-5(13)3-8(16-6)11-2-1-7(14)10-9(11)15/h1-2,6-8,16-17H,3-4H2,(H3,12,13,14,18);1-2,5,7-9,16-17H,3-4H2,(H2,12,13,14);3-6,16-17H,1-2H2,(H3,11,13,14,18);3-7,16-17H,1-2H2,(H2,11,12,13);1-2,5-6,8,13-14H,3-4H2,(H2,10,11,15);1-2,5-6,8,12-13H,3-4H2,(H,10,14,15)/t6-,7-,8-;7-,8-,9-;4-,5-,6-;5-,6-,7-;2*5-,6-,8-/m111111/s1. The summed E-state index contributed by atoms with van der Waals surface area (Å²) in [5, 5.41) is 113. The molecule has 6 fully saturated rings. The predicted octanol–water partition coefficient (Wildman–Crippen LogP) is -7.36. The van der Waals surface area contributed by atoms with Gasteiger partial charge in [-0.05, 0) is 18.2 Å². The Morgan fingerprint density at radius 3 is 1.22 bits per heavy atom. The fourth-order valence-electron chi connectivity index (χ4n) is 12.4. The van der Waals surface area contributed by atoms with Crippen LogP contribution in [-0.2, 0) is 28.4 Å². The maximum atomic E-state index is 11.7. The Morgan fingerprint density at radius 1 is 0.377 bits per heavy atom. The number of aromatic amines is 3. The Kier molecular flexibility index (Phi) is 24.3. The fraction of sp³-hybridized carbons (Fsp3) is 0.500. The number of nitrogen functional groups attached to an aromatic ring is 5. The number of nitrogens with one attached hydrogen (secondary N) is 3. The molecule has 46 heteroatoms. The fourth-order valence-corrected chi connectivity index (χ4v) is 12.4. The summed E-state index contributed by atoms with van der Waals surface area (Å²) in [5.74, 6) is 0.858. The highest BCUT2D eigenvalue weighted by Crippen LogP contribution is 2.36. The Labute approximate surface area is 592 Å². The van der Waals surface area contributed by atoms with Gasteiger partial charge in [0.2, 0.25) is 11.9 Å². The molecule has 16 rings (SSSR count). The number of aliphatic hydroxyl groups excluding tert-OH is 12. The Bertz CT molecular complexity index is 4730. The van der Waals surface area contributed by atoms with Gasteiger partial charge in [-0.25, -0.2) is 39.5 Å². The van der Waals surface area contributed by atoms with E-state index in [0.29, 0.717) is 58.7 Å². The normalized spacial score (nSPS) is 28.2. The highest BCUT2D eigenvalue weighted by atomic mass is 16.6. The monoisotopic (exact) mass is 1490 g/mol. The number of hydrogen-bond acceptors (Lipinski definition) is 37. The van der Waals surface area contributed by atoms with Crippen LogP contribution in [0.5, 0.6) is 0 Å². The van der Waals surface area contributed by atoms with Crippen molar-refractivity contribution in [2.24, 2.45) is 0 Å². The van der Waals surface area contributed by atoms with E-state index < -0.39 is 127 Å². The number of imidazole rings is 2. The number of fused-ring (bicyclic) bond motifs is 4. The minimum absolute atomic E-state index is 0.0171. The predicted molar refractivity (Wildman–Crippen MR) is 363 cm³/mol. The van der Waals surface area contributed by atoms with Gasteiger partial charge in [0.25, 0.3) is 16.7 Å². The summed E-state index contributed by atoms with van der Waals surface area (Å²) < 4.78 is 41.8. The van der Waals surface area contributed by atoms with E-state index in [2.05, 4.69) is 59.8 Å². The number of aliphatic hydroxyl groups is 12. The van der Waals surface area contributed by atoms with Crippen molar-refractivity contribution in [1.29, 1.82) is 0 Å². The van der Waals surface area contributed by atoms with Gasteiger partial charge in [-0.3, -0.25) is 47.6 Å². The topological polar surface area (TPSA) is 707 Å². The van der Waals surface area contributed by atoms with Crippen molar-refractivity contribution in [3.8, 4) is 0 Å². The lowest BCUT2D eigenvalue weighted by atomic mass is 10.2. The van der Waals surface area contributed by atoms with Gasteiger partial charge < -0.3 is 128 Å². The first-order chi connectivity index (χ1) is 50.8. The van der Waals surface area contributed by atoms with Crippen molar-refractivity contribution in [3.63, 3.8) is 0 Å². The van der Waals surface area contributed by atoms with Crippen molar-refractivity contribution in [1.82, 2.24) is 87.2 Å². The summed E-state index contributed by atoms with van der Waals surface area (Å²) in [7, 11) is 0. The average molecular weight is 1490 g/mol. The minimum atomic E-state index is -0.811. The van der Waals surface area contributed by atoms with Gasteiger partial charge in [0.05, 0.1) is 99.7 Å². The zero-order valence-corrected chi connectivity index (χ0v) is 55.8. The van der Waals surface area contributed by atoms with Crippen LogP contribution in [0.2, 0.25) is 0 Å². The molecule has 572 valence electrons. The van der Waals surface area contributed by atoms with Crippen molar-refractivity contribution < 1.29 is 89.7 Å². The molecule has 18 atom stereocenters. The van der Waals surface area contributed by atoms with Crippen molar-refractivity contribution in [2.45, 2.75) is 149 Å². The van der Waals surface area contributed by atoms with Gasteiger partial charge in [0.15, 0.2) is 28.3 Å². The van der Waals surface area contributed by atoms with Gasteiger partial charge in [-0.1, -0.05) is 0 Å². The lowest BCUT2D eigenvalue weighted by Crippen LogP contribution is -2.31. The number of rotatable bonds is 12. The zero-order valence-electron chi connectivity index (χ0n) is 55.8. The third-order valence-corrected chi connectivity index (χ3v) is 17.8. The van der Waals surface area contributed by atoms with E-state index in [1.54, 1.807) is 38.5 Å². The number of hydrogen-bond donors (Lipinski definition) is 20. The second-order valence-corrected chi connectivity index (χ2v) is 24.7. The maximum Gasteiger partial charge on any atom is 0.351 e. The van der Waals surface area contributed by atoms with E-state index in [4.69, 9.17) is 87.7 Å². The molecule has 0 radical (unpaired) electrons. The number of ether oxygens (including phenoxy) is 6. The van der Waals surface area contributed by atoms with Gasteiger partial charge in [0, 0.05) is 69.4 Å². The van der Waals surface area contributed by atoms with E-state index in [-0.39, 0.29) is 99.6 Å². The van der Waals surface area contributed by atoms with Crippen LogP contribution < -0.4 is 56.7 Å². The molecule has 0 aromatic carbocycles. The molecular formula is C60H79N23O23. The quantitative estimate of drug-likeness (QED) is 0.0540. The van der Waals surface area contributed by atoms with Crippen molar-refractivity contribution >= 4 is 73.7 Å². The molecule has 0 amide bonds. The number of aromatic nitrogens is 18. The highest BCUT2D eigenvalue weighted by molar-refractivity contribution is 5.86. The largest absolute Gasteiger partial charge is 0.394 e. The van der Waals surface area contributed by atoms with E-state index in [9.17, 15) is 54.6 Å². The first-order valence-electron chi connectivity index (χ1n) is 32.7. The molecule has 0 saturated carbocycles. The second kappa shape index (κ2) is 33.5. The summed E-state index contributed by atoms with van der Waals surface area (Å²) in [4.78, 5) is 99.7. The van der Waals surface area contributed by atoms with Crippen LogP contribution in [0, 0.1) is 0 Å². The summed E-state index contributed by atoms with van der Waals surface area (Å²) in [6, 6.07) is 6.10. The lowest BCUT2D eigenvalue weighted by molar-refractivity contribution is -0.0459. The second-order valence-electron chi connectivity index (χ2n) is 24.7. The first-order valence-corrected chi connectivity index (χ1v) is 32.7. The van der Waals surface area contributed by atoms with E-state index >= 15 is 0 Å². The molecule has 10 aromatic rings. The van der Waals surface area contributed by atoms with Crippen molar-refractivity contribution in [3.05, 3.63) is 126 Å². The van der Waals surface area contributed by atoms with Crippen LogP contribution in [0.25, 0.3) is 44.4 Å². The maximum absolute atomic E-state index is 11.7. The molecule has 6 aliphatic rings. The highest BCUT2D eigenvalue weighted by Gasteiger charge is 2.40. The molecule has 16 heterocycles. The third kappa shape index (κ3) is 16.7. The van der Waals surface area contributed by atoms with Crippen LogP contribution in [0.3, 0.4) is 0 Å². The van der Waals surface area contributed by atoms with Gasteiger partial charge in [-0.2, -0.15) is 15.0 Å². The number of nitrogens with two attached hydrogens (primary N) is 5. The molecule has 0 aliphatic carbocycles. The Balaban J connectivity index is 0.000000127. The SMILES string of the molecule is Nc1ccn([C@H]2C[C@@H](O)[C@@H](CO)O2)c(=O)n1.Nc1nc2c(ccn2[C@H]2C[C@@H](O)[C@@H](CO)O2)c(=O)[nH]1.Nc1nc2c(ncn2[C@H]2C[C@@H](O)[C@@H](CO)O2)c(=O)[nH]1.Nc1ncnc2c1ccn2[C@H]1C[C@@H](O)[C@@H](CO)O1.Nc1ncnc2c1ncn2[C@H]1C[C@@H](O)[C@@H](CO)O1.O=c1ccn([C@H]2C[C@@H](O)[C@@H](CO)O2)c(=O)[nH]1. The molecule has 10 aromatic heterocycles. The summed E-state index contributed by atoms with van der Waals surface area (Å²) in [6.07, 6.45) is 2.52. The molecule has 46 nitrogen and oxygen atoms in total. The molecule has 0 bridgehead atoms. The molecule has 106 heavy (non-hydrogen) atoms. The number of nitrogens with zero attached hydrogens (tertiary/aromatic N) is 15. The van der Waals surface area contributed by atoms with Crippen LogP contribution in [-0.4, -0.2) is 261 Å². The number of anilines is 5. The molecule has 0 unspecified atom stereocenters. The average Bonchev–Trinajstić information content (AvgIpc) is 1.34. The molecule has 6 saturated heterocycles. The van der Waals surface area contributed by atoms with Crippen molar-refractivity contribution in [2.75, 3.05) is 68.3 Å². The summed E-state index contributed by atoms with van der Waals surface area (Å²) in [6.45, 7) is -1.55. The van der Waals surface area contributed by atoms with Crippen LogP contribution >= 0.6 is 0 Å². The van der Waals surface area contributed by atoms with Crippen LogP contribution in [0.15, 0.2) is 98.3 Å². The zero-order chi connectivity index (χ0) is 75.9. The summed E-state index contributed by atoms with van der Waals surface area (Å²) >= 11 is 0. The molecule has 25 N–H and O–H groups in total. The third-order valence-electron chi connectivity index (χ3n) is 17.8. The van der Waals surface area contributed by atoms with Gasteiger partial charge in [-0.15, -0.1) is 0 Å². The molecule has 0 spiro atoms. The Morgan fingerprint density at radius 2 is 0.755 bits per heavy atom. The van der Waals surface area contributed by atoms with Crippen LogP contribution in [0.1, 0.15) is 75.9 Å². The first kappa shape index (κ1) is 76.9. The van der Waals surface area contributed by atoms with Gasteiger partial charge in [0.1, 0.15) is 109 Å².